The highest BCUT2D eigenvalue weighted by molar-refractivity contribution is 5.75. The molecule has 4 heteroatoms. The molecule has 1 saturated carbocycles. The van der Waals surface area contributed by atoms with Crippen LogP contribution in [-0.2, 0) is 4.79 Å². The number of aliphatic carboxylic acids is 1. The van der Waals surface area contributed by atoms with E-state index in [2.05, 4.69) is 5.32 Å². The van der Waals surface area contributed by atoms with Crippen molar-refractivity contribution < 1.29 is 14.6 Å². The molecule has 0 aromatic heterocycles. The van der Waals surface area contributed by atoms with Gasteiger partial charge in [-0.15, -0.1) is 0 Å². The predicted octanol–water partition coefficient (Wildman–Crippen LogP) is 2.35. The van der Waals surface area contributed by atoms with Gasteiger partial charge in [-0.25, -0.2) is 0 Å². The van der Waals surface area contributed by atoms with E-state index in [9.17, 15) is 9.90 Å². The molecule has 2 rings (SSSR count). The van der Waals surface area contributed by atoms with Crippen molar-refractivity contribution in [1.82, 2.24) is 5.32 Å². The molecule has 0 amide bonds. The first-order valence-electron chi connectivity index (χ1n) is 6.42. The van der Waals surface area contributed by atoms with Crippen molar-refractivity contribution in [1.29, 1.82) is 0 Å². The maximum atomic E-state index is 11.2. The van der Waals surface area contributed by atoms with Crippen molar-refractivity contribution in [2.24, 2.45) is 0 Å². The Hall–Kier alpha value is -1.55. The molecule has 0 bridgehead atoms. The summed E-state index contributed by atoms with van der Waals surface area (Å²) in [6.07, 6.45) is 3.10. The Morgan fingerprint density at radius 1 is 1.44 bits per heavy atom. The second-order valence-electron chi connectivity index (χ2n) is 4.63. The third-order valence-electron chi connectivity index (χ3n) is 2.91. The first-order chi connectivity index (χ1) is 8.70. The largest absolute Gasteiger partial charge is 0.494 e. The number of nitrogens with one attached hydrogen (secondary N) is 1. The molecule has 1 aliphatic carbocycles. The maximum absolute atomic E-state index is 11.2. The van der Waals surface area contributed by atoms with Crippen LogP contribution >= 0.6 is 0 Å². The molecular weight excluding hydrogens is 230 g/mol. The van der Waals surface area contributed by atoms with E-state index in [1.807, 2.05) is 31.2 Å². The second kappa shape index (κ2) is 5.87. The molecule has 1 fully saturated rings. The molecule has 0 aliphatic heterocycles. The summed E-state index contributed by atoms with van der Waals surface area (Å²) in [6, 6.07) is 7.04. The summed E-state index contributed by atoms with van der Waals surface area (Å²) in [5.74, 6) is -0.0414. The summed E-state index contributed by atoms with van der Waals surface area (Å²) in [5, 5.41) is 12.3. The van der Waals surface area contributed by atoms with Crippen LogP contribution in [0, 0.1) is 0 Å². The number of ether oxygens (including phenoxy) is 1. The van der Waals surface area contributed by atoms with Gasteiger partial charge in [0.1, 0.15) is 11.8 Å². The molecule has 1 aliphatic rings. The molecule has 1 unspecified atom stereocenters. The Labute approximate surface area is 107 Å². The summed E-state index contributed by atoms with van der Waals surface area (Å²) in [7, 11) is 0. The summed E-state index contributed by atoms with van der Waals surface area (Å²) < 4.78 is 5.48. The van der Waals surface area contributed by atoms with Crippen molar-refractivity contribution >= 4 is 5.97 Å². The Kier molecular flexibility index (Phi) is 4.20. The van der Waals surface area contributed by atoms with Crippen molar-refractivity contribution in [3.8, 4) is 5.75 Å². The normalized spacial score (nSPS) is 16.3. The highest BCUT2D eigenvalue weighted by Gasteiger charge is 2.29. The minimum absolute atomic E-state index is 0.363. The standard InChI is InChI=1S/C14H19NO3/c1-2-9-18-12-7-3-10(4-8-12)13(14(16)17)15-11-5-6-11/h3-4,7-8,11,13,15H,2,5-6,9H2,1H3,(H,16,17). The molecule has 1 atom stereocenters. The lowest BCUT2D eigenvalue weighted by Crippen LogP contribution is -2.30. The van der Waals surface area contributed by atoms with Crippen molar-refractivity contribution in [3.05, 3.63) is 29.8 Å². The van der Waals surface area contributed by atoms with Crippen molar-refractivity contribution in [2.75, 3.05) is 6.61 Å². The van der Waals surface area contributed by atoms with Gasteiger partial charge in [-0.2, -0.15) is 0 Å². The fraction of sp³-hybridized carbons (Fsp3) is 0.500. The highest BCUT2D eigenvalue weighted by Crippen LogP contribution is 2.25. The van der Waals surface area contributed by atoms with Crippen LogP contribution in [0.3, 0.4) is 0 Å². The minimum Gasteiger partial charge on any atom is -0.494 e. The van der Waals surface area contributed by atoms with Gasteiger partial charge in [0.15, 0.2) is 0 Å². The number of carboxylic acid groups (broad SMARTS) is 1. The number of carboxylic acids is 1. The number of benzene rings is 1. The molecule has 98 valence electrons. The minimum atomic E-state index is -0.830. The lowest BCUT2D eigenvalue weighted by atomic mass is 10.1. The molecule has 0 heterocycles. The van der Waals surface area contributed by atoms with Gasteiger partial charge in [0.2, 0.25) is 0 Å². The van der Waals surface area contributed by atoms with Crippen molar-refractivity contribution in [3.63, 3.8) is 0 Å². The van der Waals surface area contributed by atoms with Crippen LogP contribution < -0.4 is 10.1 Å². The van der Waals surface area contributed by atoms with Gasteiger partial charge in [0, 0.05) is 6.04 Å². The molecule has 0 saturated heterocycles. The van der Waals surface area contributed by atoms with E-state index in [0.29, 0.717) is 12.6 Å². The van der Waals surface area contributed by atoms with E-state index < -0.39 is 12.0 Å². The van der Waals surface area contributed by atoms with Gasteiger partial charge >= 0.3 is 5.97 Å². The van der Waals surface area contributed by atoms with Gasteiger partial charge in [0.05, 0.1) is 6.61 Å². The lowest BCUT2D eigenvalue weighted by molar-refractivity contribution is -0.139. The Bertz CT molecular complexity index is 398. The molecule has 1 aromatic rings. The summed E-state index contributed by atoms with van der Waals surface area (Å²) >= 11 is 0. The summed E-state index contributed by atoms with van der Waals surface area (Å²) in [6.45, 7) is 2.73. The zero-order valence-corrected chi connectivity index (χ0v) is 10.6. The van der Waals surface area contributed by atoms with Crippen LogP contribution in [-0.4, -0.2) is 23.7 Å². The van der Waals surface area contributed by atoms with E-state index in [-0.39, 0.29) is 0 Å². The van der Waals surface area contributed by atoms with E-state index >= 15 is 0 Å². The fourth-order valence-electron chi connectivity index (χ4n) is 1.77. The molecule has 2 N–H and O–H groups in total. The lowest BCUT2D eigenvalue weighted by Gasteiger charge is -2.14. The van der Waals surface area contributed by atoms with Crippen molar-refractivity contribution in [2.45, 2.75) is 38.3 Å². The van der Waals surface area contributed by atoms with Crippen LogP contribution in [0.2, 0.25) is 0 Å². The average Bonchev–Trinajstić information content (AvgIpc) is 3.18. The SMILES string of the molecule is CCCOc1ccc(C(NC2CC2)C(=O)O)cc1. The monoisotopic (exact) mass is 249 g/mol. The van der Waals surface area contributed by atoms with E-state index in [4.69, 9.17) is 4.74 Å². The number of hydrogen-bond donors (Lipinski definition) is 2. The van der Waals surface area contributed by atoms with Gasteiger partial charge in [-0.05, 0) is 37.0 Å². The Morgan fingerprint density at radius 2 is 2.11 bits per heavy atom. The van der Waals surface area contributed by atoms with Gasteiger partial charge in [-0.1, -0.05) is 19.1 Å². The highest BCUT2D eigenvalue weighted by atomic mass is 16.5. The molecular formula is C14H19NO3. The zero-order valence-electron chi connectivity index (χ0n) is 10.6. The van der Waals surface area contributed by atoms with E-state index in [1.54, 1.807) is 0 Å². The third kappa shape index (κ3) is 3.47. The quantitative estimate of drug-likeness (QED) is 0.778. The number of hydrogen-bond acceptors (Lipinski definition) is 3. The Morgan fingerprint density at radius 3 is 2.61 bits per heavy atom. The van der Waals surface area contributed by atoms with Crippen LogP contribution in [0.25, 0.3) is 0 Å². The third-order valence-corrected chi connectivity index (χ3v) is 2.91. The number of carbonyl (C=O) groups is 1. The summed E-state index contributed by atoms with van der Waals surface area (Å²) in [4.78, 5) is 11.2. The molecule has 4 nitrogen and oxygen atoms in total. The van der Waals surface area contributed by atoms with Crippen LogP contribution in [0.1, 0.15) is 37.8 Å². The fourth-order valence-corrected chi connectivity index (χ4v) is 1.77. The molecule has 18 heavy (non-hydrogen) atoms. The van der Waals surface area contributed by atoms with Gasteiger partial charge < -0.3 is 9.84 Å². The molecule has 0 spiro atoms. The van der Waals surface area contributed by atoms with Crippen LogP contribution in [0.15, 0.2) is 24.3 Å². The second-order valence-corrected chi connectivity index (χ2v) is 4.63. The predicted molar refractivity (Wildman–Crippen MR) is 68.8 cm³/mol. The smallest absolute Gasteiger partial charge is 0.325 e. The molecule has 1 aromatic carbocycles. The van der Waals surface area contributed by atoms with Gasteiger partial charge in [-0.3, -0.25) is 10.1 Å². The topological polar surface area (TPSA) is 58.6 Å². The maximum Gasteiger partial charge on any atom is 0.325 e. The van der Waals surface area contributed by atoms with E-state index in [0.717, 1.165) is 30.6 Å². The van der Waals surface area contributed by atoms with Gasteiger partial charge in [0.25, 0.3) is 0 Å². The zero-order chi connectivity index (χ0) is 13.0. The summed E-state index contributed by atoms with van der Waals surface area (Å²) in [5.41, 5.74) is 0.776. The first-order valence-corrected chi connectivity index (χ1v) is 6.42. The number of rotatable bonds is 7. The van der Waals surface area contributed by atoms with E-state index in [1.165, 1.54) is 0 Å². The Balaban J connectivity index is 2.02. The van der Waals surface area contributed by atoms with Crippen LogP contribution in [0.4, 0.5) is 0 Å². The average molecular weight is 249 g/mol. The van der Waals surface area contributed by atoms with Crippen LogP contribution in [0.5, 0.6) is 5.75 Å². The first kappa shape index (κ1) is 12.9. The molecule has 0 radical (unpaired) electrons.